The molecular weight excluding hydrogens is 395 g/mol. The fourth-order valence-electron chi connectivity index (χ4n) is 2.16. The maximum atomic E-state index is 12.4. The second-order valence-electron chi connectivity index (χ2n) is 5.53. The van der Waals surface area contributed by atoms with E-state index >= 15 is 0 Å². The van der Waals surface area contributed by atoms with E-state index in [-0.39, 0.29) is 16.4 Å². The van der Waals surface area contributed by atoms with Crippen molar-refractivity contribution in [3.63, 3.8) is 0 Å². The topological polar surface area (TPSA) is 116 Å². The molecule has 1 N–H and O–H groups in total. The van der Waals surface area contributed by atoms with Crippen LogP contribution in [-0.2, 0) is 4.79 Å². The van der Waals surface area contributed by atoms with E-state index in [1.54, 1.807) is 31.2 Å². The van der Waals surface area contributed by atoms with Crippen LogP contribution >= 0.6 is 23.2 Å². The van der Waals surface area contributed by atoms with Crippen molar-refractivity contribution < 1.29 is 9.72 Å². The monoisotopic (exact) mass is 406 g/mol. The van der Waals surface area contributed by atoms with Crippen molar-refractivity contribution in [3.05, 3.63) is 62.6 Å². The Bertz CT molecular complexity index is 1010. The number of carbonyl (C=O) groups is 1. The molecule has 3 aromatic rings. The highest BCUT2D eigenvalue weighted by Crippen LogP contribution is 2.27. The Morgan fingerprint density at radius 2 is 1.93 bits per heavy atom. The lowest BCUT2D eigenvalue weighted by Gasteiger charge is -2.11. The van der Waals surface area contributed by atoms with E-state index in [0.717, 1.165) is 6.07 Å². The Morgan fingerprint density at radius 3 is 2.56 bits per heavy atom. The van der Waals surface area contributed by atoms with Crippen LogP contribution in [0.15, 0.2) is 42.5 Å². The van der Waals surface area contributed by atoms with Gasteiger partial charge < -0.3 is 5.32 Å². The van der Waals surface area contributed by atoms with Crippen LogP contribution in [0.3, 0.4) is 0 Å². The molecule has 1 amide bonds. The van der Waals surface area contributed by atoms with E-state index in [4.69, 9.17) is 23.2 Å². The molecule has 2 aromatic carbocycles. The molecule has 9 nitrogen and oxygen atoms in total. The van der Waals surface area contributed by atoms with Crippen LogP contribution in [0.25, 0.3) is 11.4 Å². The summed E-state index contributed by atoms with van der Waals surface area (Å²) in [7, 11) is 0. The third kappa shape index (κ3) is 4.21. The molecule has 1 aromatic heterocycles. The lowest BCUT2D eigenvalue weighted by Crippen LogP contribution is -2.25. The maximum absolute atomic E-state index is 12.4. The van der Waals surface area contributed by atoms with Gasteiger partial charge in [-0.25, -0.2) is 0 Å². The normalized spacial score (nSPS) is 11.8. The molecule has 0 fully saturated rings. The molecule has 1 atom stereocenters. The first-order valence-electron chi connectivity index (χ1n) is 7.65. The average Bonchev–Trinajstić information content (AvgIpc) is 3.13. The summed E-state index contributed by atoms with van der Waals surface area (Å²) in [5.41, 5.74) is 0.783. The van der Waals surface area contributed by atoms with Crippen LogP contribution in [0.5, 0.6) is 0 Å². The number of amides is 1. The zero-order valence-corrected chi connectivity index (χ0v) is 15.3. The van der Waals surface area contributed by atoms with Gasteiger partial charge in [-0.3, -0.25) is 14.9 Å². The van der Waals surface area contributed by atoms with Crippen LogP contribution < -0.4 is 5.32 Å². The molecule has 0 saturated carbocycles. The molecule has 1 heterocycles. The zero-order chi connectivity index (χ0) is 19.6. The Labute approximate surface area is 163 Å². The van der Waals surface area contributed by atoms with Crippen molar-refractivity contribution in [3.8, 4) is 11.4 Å². The number of hydrogen-bond donors (Lipinski definition) is 1. The van der Waals surface area contributed by atoms with Gasteiger partial charge in [0.2, 0.25) is 5.82 Å². The third-order valence-corrected chi connectivity index (χ3v) is 4.24. The van der Waals surface area contributed by atoms with Crippen LogP contribution in [0.2, 0.25) is 10.0 Å². The van der Waals surface area contributed by atoms with Crippen molar-refractivity contribution in [1.82, 2.24) is 20.2 Å². The number of aromatic nitrogens is 4. The van der Waals surface area contributed by atoms with Crippen LogP contribution in [-0.4, -0.2) is 31.0 Å². The standard InChI is InChI=1S/C16H12Cl2N6O3/c1-9(16(25)19-14-7-6-12(24(26)27)8-13(14)18)23-21-15(20-22-23)10-2-4-11(17)5-3-10/h2-9H,1H3,(H,19,25). The minimum Gasteiger partial charge on any atom is -0.323 e. The molecule has 0 radical (unpaired) electrons. The molecule has 0 spiro atoms. The maximum Gasteiger partial charge on any atom is 0.271 e. The van der Waals surface area contributed by atoms with Crippen molar-refractivity contribution in [2.24, 2.45) is 0 Å². The first kappa shape index (κ1) is 18.7. The van der Waals surface area contributed by atoms with Crippen LogP contribution in [0.4, 0.5) is 11.4 Å². The number of nitrogens with one attached hydrogen (secondary N) is 1. The summed E-state index contributed by atoms with van der Waals surface area (Å²) < 4.78 is 0. The minimum absolute atomic E-state index is 0.0538. The van der Waals surface area contributed by atoms with Crippen molar-refractivity contribution in [2.75, 3.05) is 5.32 Å². The summed E-state index contributed by atoms with van der Waals surface area (Å²) in [6.07, 6.45) is 0. The molecule has 11 heteroatoms. The predicted octanol–water partition coefficient (Wildman–Crippen LogP) is 3.75. The number of non-ortho nitro benzene ring substituents is 1. The summed E-state index contributed by atoms with van der Waals surface area (Å²) in [6.45, 7) is 1.59. The van der Waals surface area contributed by atoms with Crippen molar-refractivity contribution >= 4 is 40.5 Å². The number of nitro groups is 1. The Hall–Kier alpha value is -3.04. The Morgan fingerprint density at radius 1 is 1.22 bits per heavy atom. The summed E-state index contributed by atoms with van der Waals surface area (Å²) in [4.78, 5) is 23.8. The SMILES string of the molecule is CC(C(=O)Nc1ccc([N+](=O)[O-])cc1Cl)n1nnc(-c2ccc(Cl)cc2)n1. The lowest BCUT2D eigenvalue weighted by atomic mass is 10.2. The smallest absolute Gasteiger partial charge is 0.271 e. The van der Waals surface area contributed by atoms with E-state index in [1.807, 2.05) is 0 Å². The molecule has 0 aliphatic heterocycles. The van der Waals surface area contributed by atoms with Gasteiger partial charge in [-0.05, 0) is 42.5 Å². The number of tetrazole rings is 1. The number of rotatable bonds is 5. The van der Waals surface area contributed by atoms with Gasteiger partial charge in [0, 0.05) is 22.7 Å². The fourth-order valence-corrected chi connectivity index (χ4v) is 2.51. The summed E-state index contributed by atoms with van der Waals surface area (Å²) in [5.74, 6) is -0.106. The largest absolute Gasteiger partial charge is 0.323 e. The molecule has 0 saturated heterocycles. The van der Waals surface area contributed by atoms with Gasteiger partial charge in [-0.15, -0.1) is 10.2 Å². The van der Waals surface area contributed by atoms with Gasteiger partial charge in [0.15, 0.2) is 0 Å². The van der Waals surface area contributed by atoms with Crippen LogP contribution in [0, 0.1) is 10.1 Å². The number of carbonyl (C=O) groups excluding carboxylic acids is 1. The molecule has 0 aliphatic carbocycles. The van der Waals surface area contributed by atoms with Gasteiger partial charge in [-0.1, -0.05) is 23.2 Å². The third-order valence-electron chi connectivity index (χ3n) is 3.68. The predicted molar refractivity (Wildman–Crippen MR) is 99.7 cm³/mol. The van der Waals surface area contributed by atoms with Gasteiger partial charge in [0.05, 0.1) is 15.6 Å². The van der Waals surface area contributed by atoms with Crippen LogP contribution in [0.1, 0.15) is 13.0 Å². The van der Waals surface area contributed by atoms with Crippen molar-refractivity contribution in [1.29, 1.82) is 0 Å². The minimum atomic E-state index is -0.787. The van der Waals surface area contributed by atoms with Gasteiger partial charge >= 0.3 is 0 Å². The summed E-state index contributed by atoms with van der Waals surface area (Å²) in [5, 5.41) is 26.0. The molecule has 138 valence electrons. The van der Waals surface area contributed by atoms with E-state index in [0.29, 0.717) is 16.4 Å². The van der Waals surface area contributed by atoms with E-state index in [2.05, 4.69) is 20.7 Å². The number of halogens is 2. The zero-order valence-electron chi connectivity index (χ0n) is 13.8. The Balaban J connectivity index is 1.74. The number of benzene rings is 2. The molecule has 0 bridgehead atoms. The highest BCUT2D eigenvalue weighted by Gasteiger charge is 2.20. The average molecular weight is 407 g/mol. The number of hydrogen-bond acceptors (Lipinski definition) is 6. The molecular formula is C16H12Cl2N6O3. The van der Waals surface area contributed by atoms with E-state index in [1.165, 1.54) is 16.9 Å². The Kier molecular flexibility index (Phi) is 5.33. The van der Waals surface area contributed by atoms with E-state index < -0.39 is 16.9 Å². The van der Waals surface area contributed by atoms with E-state index in [9.17, 15) is 14.9 Å². The van der Waals surface area contributed by atoms with Gasteiger partial charge in [-0.2, -0.15) is 4.80 Å². The van der Waals surface area contributed by atoms with Gasteiger partial charge in [0.1, 0.15) is 6.04 Å². The quantitative estimate of drug-likeness (QED) is 0.509. The number of nitrogens with zero attached hydrogens (tertiary/aromatic N) is 5. The summed E-state index contributed by atoms with van der Waals surface area (Å²) >= 11 is 11.8. The molecule has 3 rings (SSSR count). The highest BCUT2D eigenvalue weighted by atomic mass is 35.5. The molecule has 1 unspecified atom stereocenters. The highest BCUT2D eigenvalue weighted by molar-refractivity contribution is 6.34. The van der Waals surface area contributed by atoms with Gasteiger partial charge in [0.25, 0.3) is 11.6 Å². The summed E-state index contributed by atoms with van der Waals surface area (Å²) in [6, 6.07) is 9.86. The fraction of sp³-hybridized carbons (Fsp3) is 0.125. The second kappa shape index (κ2) is 7.68. The number of anilines is 1. The molecule has 0 aliphatic rings. The first-order valence-corrected chi connectivity index (χ1v) is 8.41. The van der Waals surface area contributed by atoms with Crippen molar-refractivity contribution in [2.45, 2.75) is 13.0 Å². The molecule has 27 heavy (non-hydrogen) atoms. The first-order chi connectivity index (χ1) is 12.8. The second-order valence-corrected chi connectivity index (χ2v) is 6.37. The lowest BCUT2D eigenvalue weighted by molar-refractivity contribution is -0.384. The number of nitro benzene ring substituents is 1.